The zero-order chi connectivity index (χ0) is 11.3. The Balaban J connectivity index is 2.75. The molecule has 0 heterocycles. The number of halogens is 1. The van der Waals surface area contributed by atoms with Crippen molar-refractivity contribution < 1.29 is 4.43 Å². The average Bonchev–Trinajstić information content (AvgIpc) is 2.17. The third-order valence-corrected chi connectivity index (χ3v) is 3.65. The lowest BCUT2D eigenvalue weighted by atomic mass is 10.1. The normalized spacial score (nSPS) is 13.9. The van der Waals surface area contributed by atoms with Gasteiger partial charge in [-0.15, -0.1) is 0 Å². The van der Waals surface area contributed by atoms with Gasteiger partial charge in [-0.05, 0) is 31.6 Å². The minimum absolute atomic E-state index is 0.287. The van der Waals surface area contributed by atoms with Crippen molar-refractivity contribution in [2.24, 2.45) is 0 Å². The molecule has 84 valence electrons. The molecule has 0 aromatic heterocycles. The fourth-order valence-electron chi connectivity index (χ4n) is 1.49. The van der Waals surface area contributed by atoms with E-state index in [1.165, 1.54) is 5.56 Å². The van der Waals surface area contributed by atoms with E-state index in [-0.39, 0.29) is 6.10 Å². The number of alkyl halides is 1. The fourth-order valence-corrected chi connectivity index (χ4v) is 3.16. The van der Waals surface area contributed by atoms with Gasteiger partial charge in [0.15, 0.2) is 8.32 Å². The fraction of sp³-hybridized carbons (Fsp3) is 0.500. The quantitative estimate of drug-likeness (QED) is 0.440. The van der Waals surface area contributed by atoms with Crippen molar-refractivity contribution in [2.75, 3.05) is 4.43 Å². The van der Waals surface area contributed by atoms with E-state index < -0.39 is 8.32 Å². The highest BCUT2D eigenvalue weighted by molar-refractivity contribution is 14.1. The maximum Gasteiger partial charge on any atom is 0.184 e. The van der Waals surface area contributed by atoms with E-state index in [0.29, 0.717) is 0 Å². The Morgan fingerprint density at radius 3 is 2.27 bits per heavy atom. The second kappa shape index (κ2) is 6.01. The number of hydrogen-bond acceptors (Lipinski definition) is 1. The SMILES string of the molecule is C[Si](C)(C)O[C@@H](CCI)c1ccccc1. The van der Waals surface area contributed by atoms with Crippen molar-refractivity contribution in [1.29, 1.82) is 0 Å². The van der Waals surface area contributed by atoms with Crippen molar-refractivity contribution in [1.82, 2.24) is 0 Å². The van der Waals surface area contributed by atoms with Crippen LogP contribution < -0.4 is 0 Å². The zero-order valence-electron chi connectivity index (χ0n) is 9.66. The Labute approximate surface area is 108 Å². The molecule has 0 fully saturated rings. The first-order valence-electron chi connectivity index (χ1n) is 5.31. The van der Waals surface area contributed by atoms with Gasteiger partial charge < -0.3 is 4.43 Å². The number of hydrogen-bond donors (Lipinski definition) is 0. The van der Waals surface area contributed by atoms with Gasteiger partial charge in [-0.1, -0.05) is 52.9 Å². The third kappa shape index (κ3) is 5.13. The molecule has 0 aliphatic carbocycles. The van der Waals surface area contributed by atoms with Crippen LogP contribution in [-0.2, 0) is 4.43 Å². The lowest BCUT2D eigenvalue weighted by Gasteiger charge is -2.26. The Hall–Kier alpha value is 0.127. The molecule has 1 nitrogen and oxygen atoms in total. The van der Waals surface area contributed by atoms with Gasteiger partial charge in [-0.3, -0.25) is 0 Å². The summed E-state index contributed by atoms with van der Waals surface area (Å²) in [6, 6.07) is 10.6. The van der Waals surface area contributed by atoms with Gasteiger partial charge in [0.1, 0.15) is 0 Å². The Kier molecular flexibility index (Phi) is 5.29. The first kappa shape index (κ1) is 13.2. The van der Waals surface area contributed by atoms with E-state index in [1.54, 1.807) is 0 Å². The smallest absolute Gasteiger partial charge is 0.184 e. The number of benzene rings is 1. The molecule has 3 heteroatoms. The van der Waals surface area contributed by atoms with Gasteiger partial charge in [0.05, 0.1) is 6.10 Å². The minimum atomic E-state index is -1.44. The highest BCUT2D eigenvalue weighted by Crippen LogP contribution is 2.25. The minimum Gasteiger partial charge on any atom is -0.411 e. The van der Waals surface area contributed by atoms with Crippen molar-refractivity contribution in [2.45, 2.75) is 32.2 Å². The largest absolute Gasteiger partial charge is 0.411 e. The van der Waals surface area contributed by atoms with Crippen LogP contribution in [-0.4, -0.2) is 12.7 Å². The summed E-state index contributed by atoms with van der Waals surface area (Å²) >= 11 is 2.42. The van der Waals surface area contributed by atoms with Crippen LogP contribution in [0.1, 0.15) is 18.1 Å². The summed E-state index contributed by atoms with van der Waals surface area (Å²) in [5, 5.41) is 0. The molecule has 1 aromatic rings. The molecule has 0 unspecified atom stereocenters. The molecule has 15 heavy (non-hydrogen) atoms. The van der Waals surface area contributed by atoms with E-state index in [9.17, 15) is 0 Å². The van der Waals surface area contributed by atoms with Crippen LogP contribution in [0.15, 0.2) is 30.3 Å². The van der Waals surface area contributed by atoms with Gasteiger partial charge in [-0.25, -0.2) is 0 Å². The second-order valence-electron chi connectivity index (χ2n) is 4.61. The monoisotopic (exact) mass is 334 g/mol. The van der Waals surface area contributed by atoms with Crippen LogP contribution in [0.4, 0.5) is 0 Å². The van der Waals surface area contributed by atoms with Gasteiger partial charge >= 0.3 is 0 Å². The molecule has 0 saturated carbocycles. The van der Waals surface area contributed by atoms with E-state index in [2.05, 4.69) is 72.6 Å². The predicted molar refractivity (Wildman–Crippen MR) is 77.1 cm³/mol. The van der Waals surface area contributed by atoms with Crippen LogP contribution >= 0.6 is 22.6 Å². The van der Waals surface area contributed by atoms with E-state index >= 15 is 0 Å². The summed E-state index contributed by atoms with van der Waals surface area (Å²) in [4.78, 5) is 0. The molecule has 0 aliphatic heterocycles. The highest BCUT2D eigenvalue weighted by Gasteiger charge is 2.21. The average molecular weight is 334 g/mol. The van der Waals surface area contributed by atoms with Crippen molar-refractivity contribution in [3.05, 3.63) is 35.9 Å². The summed E-state index contributed by atoms with van der Waals surface area (Å²) in [5.74, 6) is 0. The Morgan fingerprint density at radius 1 is 1.20 bits per heavy atom. The molecule has 0 N–H and O–H groups in total. The Morgan fingerprint density at radius 2 is 1.80 bits per heavy atom. The summed E-state index contributed by atoms with van der Waals surface area (Å²) < 4.78 is 7.34. The molecule has 1 aromatic carbocycles. The first-order chi connectivity index (χ1) is 7.03. The molecule has 0 bridgehead atoms. The highest BCUT2D eigenvalue weighted by atomic mass is 127. The van der Waals surface area contributed by atoms with Gasteiger partial charge in [0.25, 0.3) is 0 Å². The zero-order valence-corrected chi connectivity index (χ0v) is 12.8. The Bertz CT molecular complexity index is 281. The van der Waals surface area contributed by atoms with Crippen LogP contribution in [0.5, 0.6) is 0 Å². The topological polar surface area (TPSA) is 9.23 Å². The molecule has 0 amide bonds. The molecule has 0 spiro atoms. The van der Waals surface area contributed by atoms with Gasteiger partial charge in [-0.2, -0.15) is 0 Å². The predicted octanol–water partition coefficient (Wildman–Crippen LogP) is 4.40. The van der Waals surface area contributed by atoms with Crippen molar-refractivity contribution in [3.8, 4) is 0 Å². The van der Waals surface area contributed by atoms with Crippen LogP contribution in [0.2, 0.25) is 19.6 Å². The maximum atomic E-state index is 6.20. The van der Waals surface area contributed by atoms with Crippen molar-refractivity contribution in [3.63, 3.8) is 0 Å². The van der Waals surface area contributed by atoms with Crippen LogP contribution in [0, 0.1) is 0 Å². The summed E-state index contributed by atoms with van der Waals surface area (Å²) in [6.07, 6.45) is 1.39. The van der Waals surface area contributed by atoms with Gasteiger partial charge in [0.2, 0.25) is 0 Å². The second-order valence-corrected chi connectivity index (χ2v) is 10.1. The summed E-state index contributed by atoms with van der Waals surface area (Å²) in [7, 11) is -1.44. The first-order valence-corrected chi connectivity index (χ1v) is 10.2. The van der Waals surface area contributed by atoms with E-state index in [1.807, 2.05) is 0 Å². The summed E-state index contributed by atoms with van der Waals surface area (Å²) in [5.41, 5.74) is 1.32. The van der Waals surface area contributed by atoms with E-state index in [4.69, 9.17) is 4.43 Å². The third-order valence-electron chi connectivity index (χ3n) is 2.04. The lowest BCUT2D eigenvalue weighted by molar-refractivity contribution is 0.196. The van der Waals surface area contributed by atoms with Gasteiger partial charge in [0, 0.05) is 4.43 Å². The molecule has 1 atom stereocenters. The van der Waals surface area contributed by atoms with E-state index in [0.717, 1.165) is 10.8 Å². The molecule has 0 radical (unpaired) electrons. The molecular formula is C12H19IOSi. The van der Waals surface area contributed by atoms with Crippen LogP contribution in [0.25, 0.3) is 0 Å². The number of rotatable bonds is 5. The van der Waals surface area contributed by atoms with Crippen LogP contribution in [0.3, 0.4) is 0 Å². The molecule has 0 saturated heterocycles. The van der Waals surface area contributed by atoms with Crippen molar-refractivity contribution >= 4 is 30.9 Å². The summed E-state index contributed by atoms with van der Waals surface area (Å²) in [6.45, 7) is 6.74. The standard InChI is InChI=1S/C12H19IOSi/c1-15(2,3)14-12(9-10-13)11-7-5-4-6-8-11/h4-8,12H,9-10H2,1-3H3/t12-/m0/s1. The molecule has 0 aliphatic rings. The lowest BCUT2D eigenvalue weighted by Crippen LogP contribution is -2.28. The molecule has 1 rings (SSSR count). The maximum absolute atomic E-state index is 6.20. The molecular weight excluding hydrogens is 315 g/mol.